The van der Waals surface area contributed by atoms with E-state index in [1.165, 1.54) is 0 Å². The van der Waals surface area contributed by atoms with E-state index in [-0.39, 0.29) is 94.7 Å². The third-order valence-electron chi connectivity index (χ3n) is 15.6. The van der Waals surface area contributed by atoms with E-state index < -0.39 is 5.41 Å². The van der Waals surface area contributed by atoms with Crippen molar-refractivity contribution in [3.05, 3.63) is 115 Å². The van der Waals surface area contributed by atoms with Crippen LogP contribution in [0.2, 0.25) is 0 Å². The maximum absolute atomic E-state index is 13.0. The van der Waals surface area contributed by atoms with Gasteiger partial charge in [-0.25, -0.2) is 0 Å². The number of aryl methyl sites for hydroxylation is 4. The van der Waals surface area contributed by atoms with Crippen molar-refractivity contribution in [1.29, 1.82) is 0 Å². The topological polar surface area (TPSA) is 175 Å². The molecule has 0 aliphatic carbocycles. The Balaban J connectivity index is 0.000000414. The molecule has 86 heavy (non-hydrogen) atoms. The highest BCUT2D eigenvalue weighted by atomic mass is 16.6. The van der Waals surface area contributed by atoms with E-state index in [0.717, 1.165) is 97.9 Å². The first-order valence-electron chi connectivity index (χ1n) is 30.8. The Bertz CT molecular complexity index is 2740. The summed E-state index contributed by atoms with van der Waals surface area (Å²) in [5, 5.41) is 32.1. The van der Waals surface area contributed by atoms with Gasteiger partial charge in [-0.15, -0.1) is 0 Å². The Hall–Kier alpha value is -5.72. The fourth-order valence-electron chi connectivity index (χ4n) is 10.6. The number of benzene rings is 4. The first-order chi connectivity index (χ1) is 39.2. The third kappa shape index (κ3) is 21.0. The van der Waals surface area contributed by atoms with E-state index in [1.807, 2.05) is 36.4 Å². The van der Waals surface area contributed by atoms with Gasteiger partial charge in [-0.3, -0.25) is 9.59 Å². The first kappa shape index (κ1) is 74.5. The van der Waals surface area contributed by atoms with Crippen molar-refractivity contribution in [3.63, 3.8) is 0 Å². The predicted octanol–water partition coefficient (Wildman–Crippen LogP) is 16.1. The van der Waals surface area contributed by atoms with Crippen LogP contribution in [-0.4, -0.2) is 80.5 Å². The summed E-state index contributed by atoms with van der Waals surface area (Å²) in [6, 6.07) is 16.4. The van der Waals surface area contributed by atoms with Crippen molar-refractivity contribution in [1.82, 2.24) is 0 Å². The minimum absolute atomic E-state index is 0.0130. The molecule has 12 heteroatoms. The number of fused-ring (bicyclic) bond motifs is 1. The number of aromatic hydroxyl groups is 3. The Morgan fingerprint density at radius 1 is 0.419 bits per heavy atom. The average molecular weight is 1190 g/mol. The number of phenolic OH excluding ortho intramolecular Hbond substituents is 3. The molecule has 0 radical (unpaired) electrons. The van der Waals surface area contributed by atoms with Crippen LogP contribution in [0.15, 0.2) is 48.5 Å². The number of phenols is 3. The monoisotopic (exact) mass is 1190 g/mol. The molecule has 12 nitrogen and oxygen atoms in total. The second-order valence-electron chi connectivity index (χ2n) is 31.6. The Labute approximate surface area is 518 Å². The molecule has 1 aliphatic heterocycles. The molecule has 0 fully saturated rings. The second-order valence-corrected chi connectivity index (χ2v) is 31.6. The lowest BCUT2D eigenvalue weighted by Gasteiger charge is -2.42. The van der Waals surface area contributed by atoms with E-state index in [0.29, 0.717) is 42.9 Å². The van der Waals surface area contributed by atoms with E-state index in [4.69, 9.17) is 23.7 Å². The predicted molar refractivity (Wildman–Crippen MR) is 349 cm³/mol. The lowest BCUT2D eigenvalue weighted by Crippen LogP contribution is -2.42. The molecule has 1 heterocycles. The Morgan fingerprint density at radius 3 is 0.919 bits per heavy atom. The van der Waals surface area contributed by atoms with Gasteiger partial charge in [-0.1, -0.05) is 188 Å². The summed E-state index contributed by atoms with van der Waals surface area (Å²) in [4.78, 5) is 47.2. The number of hydrogen-bond acceptors (Lipinski definition) is 12. The van der Waals surface area contributed by atoms with Crippen LogP contribution >= 0.6 is 0 Å². The van der Waals surface area contributed by atoms with Gasteiger partial charge in [0.05, 0.1) is 18.6 Å². The van der Waals surface area contributed by atoms with Crippen LogP contribution in [0.3, 0.4) is 0 Å². The number of esters is 2. The first-order valence-corrected chi connectivity index (χ1v) is 30.8. The lowest BCUT2D eigenvalue weighted by molar-refractivity contribution is -0.161. The molecule has 0 spiro atoms. The maximum Gasteiger partial charge on any atom is 0.306 e. The molecule has 1 aliphatic rings. The van der Waals surface area contributed by atoms with Gasteiger partial charge in [0.15, 0.2) is 0 Å². The van der Waals surface area contributed by atoms with E-state index >= 15 is 0 Å². The lowest BCUT2D eigenvalue weighted by atomic mass is 9.78. The van der Waals surface area contributed by atoms with Gasteiger partial charge in [0, 0.05) is 51.0 Å². The molecule has 0 aromatic heterocycles. The number of hydrogen-bond donors (Lipinski definition) is 3. The van der Waals surface area contributed by atoms with E-state index in [1.54, 1.807) is 14.2 Å². The highest BCUT2D eigenvalue weighted by Crippen LogP contribution is 2.50. The Morgan fingerprint density at radius 2 is 0.674 bits per heavy atom. The minimum atomic E-state index is -0.859. The third-order valence-corrected chi connectivity index (χ3v) is 15.6. The zero-order valence-electron chi connectivity index (χ0n) is 57.8. The summed E-state index contributed by atoms with van der Waals surface area (Å²) in [6.07, 6.45) is 5.77. The minimum Gasteiger partial charge on any atom is -0.507 e. The van der Waals surface area contributed by atoms with Gasteiger partial charge in [-0.05, 0) is 139 Å². The molecule has 0 saturated heterocycles. The van der Waals surface area contributed by atoms with E-state index in [2.05, 4.69) is 171 Å². The molecule has 0 atom stereocenters. The van der Waals surface area contributed by atoms with Gasteiger partial charge in [0.1, 0.15) is 54.4 Å². The smallest absolute Gasteiger partial charge is 0.306 e. The van der Waals surface area contributed by atoms with Crippen LogP contribution in [0, 0.1) is 5.41 Å². The molecule has 0 amide bonds. The number of rotatable bonds is 20. The zero-order valence-corrected chi connectivity index (χ0v) is 57.8. The highest BCUT2D eigenvalue weighted by molar-refractivity contribution is 5.71. The van der Waals surface area contributed by atoms with Gasteiger partial charge >= 0.3 is 11.9 Å². The van der Waals surface area contributed by atoms with Crippen molar-refractivity contribution >= 4 is 24.5 Å². The number of carbonyl (C=O) groups is 4. The molecular weight excluding hydrogens is 1080 g/mol. The van der Waals surface area contributed by atoms with Gasteiger partial charge in [0.2, 0.25) is 0 Å². The molecule has 5 rings (SSSR count). The summed E-state index contributed by atoms with van der Waals surface area (Å²) in [5.41, 5.74) is 9.86. The fourth-order valence-corrected chi connectivity index (χ4v) is 10.6. The Kier molecular flexibility index (Phi) is 25.2. The highest BCUT2D eigenvalue weighted by Gasteiger charge is 2.41. The number of carbonyl (C=O) groups excluding carboxylic acids is 4. The second kappa shape index (κ2) is 29.1. The van der Waals surface area contributed by atoms with Crippen LogP contribution in [-0.2, 0) is 107 Å². The van der Waals surface area contributed by atoms with Crippen LogP contribution in [0.5, 0.6) is 23.0 Å². The van der Waals surface area contributed by atoms with Crippen LogP contribution in [0.4, 0.5) is 0 Å². The van der Waals surface area contributed by atoms with E-state index in [9.17, 15) is 34.5 Å². The number of methoxy groups -OCH3 is 2. The summed E-state index contributed by atoms with van der Waals surface area (Å²) >= 11 is 0. The van der Waals surface area contributed by atoms with Crippen molar-refractivity contribution in [3.8, 4) is 23.0 Å². The van der Waals surface area contributed by atoms with Gasteiger partial charge < -0.3 is 48.6 Å². The number of aldehydes is 2. The van der Waals surface area contributed by atoms with Crippen molar-refractivity contribution in [2.24, 2.45) is 5.41 Å². The molecule has 0 unspecified atom stereocenters. The van der Waals surface area contributed by atoms with Crippen molar-refractivity contribution < 1.29 is 58.2 Å². The van der Waals surface area contributed by atoms with Crippen LogP contribution in [0.1, 0.15) is 252 Å². The number of ether oxygens (including phenoxy) is 5. The van der Waals surface area contributed by atoms with Crippen molar-refractivity contribution in [2.75, 3.05) is 40.6 Å². The molecule has 3 N–H and O–H groups in total. The summed E-state index contributed by atoms with van der Waals surface area (Å²) in [5.74, 6) is 1.34. The van der Waals surface area contributed by atoms with Crippen LogP contribution in [0.25, 0.3) is 0 Å². The molecule has 4 aromatic rings. The summed E-state index contributed by atoms with van der Waals surface area (Å²) < 4.78 is 28.6. The quantitative estimate of drug-likeness (QED) is 0.0565. The average Bonchev–Trinajstić information content (AvgIpc) is 0.762. The van der Waals surface area contributed by atoms with Crippen molar-refractivity contribution in [2.45, 2.75) is 254 Å². The van der Waals surface area contributed by atoms with Gasteiger partial charge in [0.25, 0.3) is 0 Å². The largest absolute Gasteiger partial charge is 0.507 e. The maximum atomic E-state index is 13.0. The molecule has 4 aromatic carbocycles. The molecule has 480 valence electrons. The summed E-state index contributed by atoms with van der Waals surface area (Å²) in [7, 11) is 3.11. The zero-order chi connectivity index (χ0) is 66.0. The van der Waals surface area contributed by atoms with Crippen LogP contribution < -0.4 is 4.74 Å². The molecular formula is C74H112O12. The van der Waals surface area contributed by atoms with Gasteiger partial charge in [-0.2, -0.15) is 0 Å². The summed E-state index contributed by atoms with van der Waals surface area (Å²) in [6.45, 7) is 48.4. The normalized spacial score (nSPS) is 13.6. The SMILES string of the molecule is CC(C)(C)c1cc(CCC=O)cc(C(C)(C)C)c1O.CC(C)(C)c1cc(CCC=O)cc(C(C)(C)C)c1O.COCC(COC)(COC(=O)CCc1cc(C(C)(C)C)c(O)c(C(C)(C)C)c1)COC(=O)CCc1cc(C(C)(C)C)c2c(c1)C(C)(C)O2. The molecule has 0 saturated carbocycles. The standard InChI is InChI=1S/C40H60O8.2C17H26O2/c1-36(2,3)28-18-26(19-29(34(28)43)37(4,5)6)14-16-32(41)46-24-40(22-44-12,23-45-13)25-47-33(42)17-15-27-20-30(38(7,8)9)35-31(21-27)39(10,11)48-35;2*1-16(2,3)13-10-12(8-7-9-18)11-14(15(13)19)17(4,5)6/h18-21,43H,14-17,22-25H2,1-13H3;2*9-11,19H,7-8H2,1-6H3. The molecule has 0 bridgehead atoms. The fraction of sp³-hybridized carbons (Fsp3) is 0.622.